The smallest absolute Gasteiger partial charge is 0.229 e. The fourth-order valence-electron chi connectivity index (χ4n) is 3.34. The summed E-state index contributed by atoms with van der Waals surface area (Å²) < 4.78 is 18.9. The molecular weight excluding hydrogens is 385 g/mol. The summed E-state index contributed by atoms with van der Waals surface area (Å²) in [5.74, 6) is -0.216. The SMILES string of the molecule is O=C(Nc1ccccc1Oc1ccc(F)cc1)[C@@H]1CC(=O)N(Cc2cccnc2)C1. The van der Waals surface area contributed by atoms with Crippen LogP contribution in [0.4, 0.5) is 10.1 Å². The van der Waals surface area contributed by atoms with Crippen molar-refractivity contribution in [3.63, 3.8) is 0 Å². The normalized spacial score (nSPS) is 15.8. The van der Waals surface area contributed by atoms with Crippen molar-refractivity contribution in [2.75, 3.05) is 11.9 Å². The molecule has 1 aromatic heterocycles. The van der Waals surface area contributed by atoms with Crippen molar-refractivity contribution in [1.82, 2.24) is 9.88 Å². The van der Waals surface area contributed by atoms with Crippen LogP contribution in [0.3, 0.4) is 0 Å². The zero-order valence-electron chi connectivity index (χ0n) is 16.1. The number of nitrogens with one attached hydrogen (secondary N) is 1. The van der Waals surface area contributed by atoms with E-state index in [0.717, 1.165) is 5.56 Å². The van der Waals surface area contributed by atoms with Gasteiger partial charge in [0.05, 0.1) is 11.6 Å². The maximum absolute atomic E-state index is 13.1. The number of benzene rings is 2. The number of nitrogens with zero attached hydrogens (tertiary/aromatic N) is 2. The molecule has 0 radical (unpaired) electrons. The zero-order chi connectivity index (χ0) is 20.9. The number of pyridine rings is 1. The Bertz CT molecular complexity index is 1040. The molecule has 1 N–H and O–H groups in total. The Kier molecular flexibility index (Phi) is 5.70. The fourth-order valence-corrected chi connectivity index (χ4v) is 3.34. The van der Waals surface area contributed by atoms with Gasteiger partial charge < -0.3 is 15.0 Å². The Balaban J connectivity index is 1.42. The summed E-state index contributed by atoms with van der Waals surface area (Å²) in [6.07, 6.45) is 3.55. The highest BCUT2D eigenvalue weighted by atomic mass is 19.1. The maximum atomic E-state index is 13.1. The Morgan fingerprint density at radius 1 is 1.13 bits per heavy atom. The van der Waals surface area contributed by atoms with Gasteiger partial charge in [0.2, 0.25) is 11.8 Å². The van der Waals surface area contributed by atoms with Crippen LogP contribution in [0.25, 0.3) is 0 Å². The lowest BCUT2D eigenvalue weighted by Gasteiger charge is -2.17. The molecule has 1 atom stereocenters. The second kappa shape index (κ2) is 8.73. The summed E-state index contributed by atoms with van der Waals surface area (Å²) >= 11 is 0. The largest absolute Gasteiger partial charge is 0.455 e. The third kappa shape index (κ3) is 4.63. The zero-order valence-corrected chi connectivity index (χ0v) is 16.1. The minimum atomic E-state index is -0.451. The monoisotopic (exact) mass is 405 g/mol. The van der Waals surface area contributed by atoms with Crippen molar-refractivity contribution in [3.05, 3.63) is 84.4 Å². The Hall–Kier alpha value is -3.74. The van der Waals surface area contributed by atoms with E-state index in [4.69, 9.17) is 4.74 Å². The van der Waals surface area contributed by atoms with Gasteiger partial charge in [-0.1, -0.05) is 18.2 Å². The minimum Gasteiger partial charge on any atom is -0.455 e. The van der Waals surface area contributed by atoms with Crippen LogP contribution >= 0.6 is 0 Å². The number of amides is 2. The molecule has 2 aromatic carbocycles. The van der Waals surface area contributed by atoms with Crippen molar-refractivity contribution >= 4 is 17.5 Å². The molecule has 2 amide bonds. The molecule has 4 rings (SSSR count). The summed E-state index contributed by atoms with van der Waals surface area (Å²) in [4.78, 5) is 30.9. The third-order valence-corrected chi connectivity index (χ3v) is 4.87. The molecule has 30 heavy (non-hydrogen) atoms. The van der Waals surface area contributed by atoms with E-state index in [-0.39, 0.29) is 24.1 Å². The van der Waals surface area contributed by atoms with Crippen molar-refractivity contribution in [2.45, 2.75) is 13.0 Å². The Morgan fingerprint density at radius 2 is 1.93 bits per heavy atom. The van der Waals surface area contributed by atoms with Crippen LogP contribution in [0.1, 0.15) is 12.0 Å². The van der Waals surface area contributed by atoms with Gasteiger partial charge in [-0.3, -0.25) is 14.6 Å². The third-order valence-electron chi connectivity index (χ3n) is 4.87. The highest BCUT2D eigenvalue weighted by Gasteiger charge is 2.34. The molecule has 3 aromatic rings. The highest BCUT2D eigenvalue weighted by molar-refractivity contribution is 5.98. The minimum absolute atomic E-state index is 0.0603. The van der Waals surface area contributed by atoms with Crippen LogP contribution in [-0.4, -0.2) is 28.2 Å². The number of halogens is 1. The number of carbonyl (C=O) groups excluding carboxylic acids is 2. The van der Waals surface area contributed by atoms with Gasteiger partial charge in [-0.2, -0.15) is 0 Å². The summed E-state index contributed by atoms with van der Waals surface area (Å²) in [6, 6.07) is 16.4. The molecule has 0 saturated carbocycles. The average molecular weight is 405 g/mol. The van der Waals surface area contributed by atoms with Crippen molar-refractivity contribution in [1.29, 1.82) is 0 Å². The average Bonchev–Trinajstić information content (AvgIpc) is 3.12. The predicted octanol–water partition coefficient (Wildman–Crippen LogP) is 4.00. The number of likely N-dealkylation sites (tertiary alicyclic amines) is 1. The quantitative estimate of drug-likeness (QED) is 0.673. The van der Waals surface area contributed by atoms with E-state index in [0.29, 0.717) is 30.3 Å². The number of aromatic nitrogens is 1. The number of ether oxygens (including phenoxy) is 1. The molecule has 1 saturated heterocycles. The first-order chi connectivity index (χ1) is 14.6. The van der Waals surface area contributed by atoms with E-state index in [1.807, 2.05) is 12.1 Å². The Labute approximate surface area is 173 Å². The van der Waals surface area contributed by atoms with Crippen LogP contribution in [0.15, 0.2) is 73.1 Å². The van der Waals surface area contributed by atoms with Gasteiger partial charge in [0, 0.05) is 31.9 Å². The number of hydrogen-bond acceptors (Lipinski definition) is 4. The highest BCUT2D eigenvalue weighted by Crippen LogP contribution is 2.30. The lowest BCUT2D eigenvalue weighted by Crippen LogP contribution is -2.28. The summed E-state index contributed by atoms with van der Waals surface area (Å²) in [7, 11) is 0. The van der Waals surface area contributed by atoms with E-state index in [1.54, 1.807) is 41.6 Å². The number of para-hydroxylation sites is 2. The van der Waals surface area contributed by atoms with Crippen molar-refractivity contribution in [2.24, 2.45) is 5.92 Å². The molecule has 0 bridgehead atoms. The topological polar surface area (TPSA) is 71.5 Å². The van der Waals surface area contributed by atoms with Gasteiger partial charge in [0.1, 0.15) is 11.6 Å². The molecule has 6 nitrogen and oxygen atoms in total. The van der Waals surface area contributed by atoms with Gasteiger partial charge in [-0.05, 0) is 48.0 Å². The summed E-state index contributed by atoms with van der Waals surface area (Å²) in [6.45, 7) is 0.779. The molecule has 0 aliphatic carbocycles. The standard InChI is InChI=1S/C23H20FN3O3/c24-18-7-9-19(10-8-18)30-21-6-2-1-5-20(21)26-23(29)17-12-22(28)27(15-17)14-16-4-3-11-25-13-16/h1-11,13,17H,12,14-15H2,(H,26,29)/t17-/m1/s1. The van der Waals surface area contributed by atoms with Crippen LogP contribution in [-0.2, 0) is 16.1 Å². The first-order valence-corrected chi connectivity index (χ1v) is 9.58. The molecular formula is C23H20FN3O3. The number of hydrogen-bond donors (Lipinski definition) is 1. The molecule has 1 aliphatic rings. The molecule has 0 unspecified atom stereocenters. The van der Waals surface area contributed by atoms with E-state index in [9.17, 15) is 14.0 Å². The Morgan fingerprint density at radius 3 is 2.70 bits per heavy atom. The molecule has 152 valence electrons. The molecule has 1 fully saturated rings. The van der Waals surface area contributed by atoms with Crippen LogP contribution < -0.4 is 10.1 Å². The maximum Gasteiger partial charge on any atom is 0.229 e. The van der Waals surface area contributed by atoms with Gasteiger partial charge in [0.25, 0.3) is 0 Å². The van der Waals surface area contributed by atoms with E-state index in [2.05, 4.69) is 10.3 Å². The van der Waals surface area contributed by atoms with Crippen LogP contribution in [0, 0.1) is 11.7 Å². The molecule has 2 heterocycles. The van der Waals surface area contributed by atoms with E-state index >= 15 is 0 Å². The van der Waals surface area contributed by atoms with Crippen molar-refractivity contribution in [3.8, 4) is 11.5 Å². The van der Waals surface area contributed by atoms with E-state index < -0.39 is 5.92 Å². The summed E-state index contributed by atoms with van der Waals surface area (Å²) in [5.41, 5.74) is 1.41. The molecule has 1 aliphatic heterocycles. The lowest BCUT2D eigenvalue weighted by molar-refractivity contribution is -0.128. The molecule has 0 spiro atoms. The van der Waals surface area contributed by atoms with Crippen molar-refractivity contribution < 1.29 is 18.7 Å². The summed E-state index contributed by atoms with van der Waals surface area (Å²) in [5, 5.41) is 2.86. The lowest BCUT2D eigenvalue weighted by atomic mass is 10.1. The van der Waals surface area contributed by atoms with Gasteiger partial charge >= 0.3 is 0 Å². The van der Waals surface area contributed by atoms with Crippen LogP contribution in [0.2, 0.25) is 0 Å². The predicted molar refractivity (Wildman–Crippen MR) is 109 cm³/mol. The number of carbonyl (C=O) groups is 2. The first-order valence-electron chi connectivity index (χ1n) is 9.58. The second-order valence-corrected chi connectivity index (χ2v) is 7.08. The van der Waals surface area contributed by atoms with Gasteiger partial charge in [-0.15, -0.1) is 0 Å². The second-order valence-electron chi connectivity index (χ2n) is 7.08. The number of rotatable bonds is 6. The molecule has 7 heteroatoms. The fraction of sp³-hybridized carbons (Fsp3) is 0.174. The van der Waals surface area contributed by atoms with Crippen LogP contribution in [0.5, 0.6) is 11.5 Å². The van der Waals surface area contributed by atoms with E-state index in [1.165, 1.54) is 24.3 Å². The number of anilines is 1. The first kappa shape index (κ1) is 19.6. The van der Waals surface area contributed by atoms with Gasteiger partial charge in [0.15, 0.2) is 5.75 Å². The van der Waals surface area contributed by atoms with Gasteiger partial charge in [-0.25, -0.2) is 4.39 Å².